The molecule has 1 saturated carbocycles. The molecule has 2 aromatic rings. The lowest BCUT2D eigenvalue weighted by molar-refractivity contribution is -0.118. The van der Waals surface area contributed by atoms with E-state index in [1.54, 1.807) is 6.20 Å². The molecule has 2 aliphatic rings. The van der Waals surface area contributed by atoms with Gasteiger partial charge in [-0.1, -0.05) is 37.5 Å². The summed E-state index contributed by atoms with van der Waals surface area (Å²) in [4.78, 5) is 35.0. The van der Waals surface area contributed by atoms with Gasteiger partial charge in [0.05, 0.1) is 11.3 Å². The third-order valence-electron chi connectivity index (χ3n) is 6.33. The molecule has 1 N–H and O–H groups in total. The Hall–Kier alpha value is -2.54. The highest BCUT2D eigenvalue weighted by molar-refractivity contribution is 8.00. The van der Waals surface area contributed by atoms with Crippen molar-refractivity contribution in [3.63, 3.8) is 0 Å². The molecule has 0 bridgehead atoms. The Morgan fingerprint density at radius 1 is 0.969 bits per heavy atom. The fourth-order valence-electron chi connectivity index (χ4n) is 4.46. The summed E-state index contributed by atoms with van der Waals surface area (Å²) in [5.41, 5.74) is 0.684. The Balaban J connectivity index is 1.29. The van der Waals surface area contributed by atoms with Crippen LogP contribution in [0.3, 0.4) is 0 Å². The van der Waals surface area contributed by atoms with Crippen molar-refractivity contribution < 1.29 is 9.59 Å². The fourth-order valence-corrected chi connectivity index (χ4v) is 5.34. The zero-order valence-corrected chi connectivity index (χ0v) is 19.4. The molecule has 1 aromatic carbocycles. The van der Waals surface area contributed by atoms with E-state index in [2.05, 4.69) is 15.2 Å². The van der Waals surface area contributed by atoms with Crippen molar-refractivity contribution in [2.24, 2.45) is 5.92 Å². The monoisotopic (exact) mass is 452 g/mol. The van der Waals surface area contributed by atoms with Gasteiger partial charge in [-0.3, -0.25) is 9.59 Å². The Labute approximate surface area is 194 Å². The SMILES string of the molecule is O=C(CSc1ccccc1C(=O)N1CCN(c2ccccn2)CC1)NCC1CCCCC1. The number of pyridine rings is 1. The Bertz CT molecular complexity index is 894. The number of carbonyl (C=O) groups is 2. The molecule has 1 aliphatic carbocycles. The smallest absolute Gasteiger partial charge is 0.255 e. The van der Waals surface area contributed by atoms with E-state index < -0.39 is 0 Å². The summed E-state index contributed by atoms with van der Waals surface area (Å²) in [6, 6.07) is 13.5. The average molecular weight is 453 g/mol. The molecule has 2 heterocycles. The number of amides is 2. The predicted molar refractivity (Wildman–Crippen MR) is 129 cm³/mol. The first-order valence-electron chi connectivity index (χ1n) is 11.6. The summed E-state index contributed by atoms with van der Waals surface area (Å²) in [6.07, 6.45) is 8.12. The molecule has 170 valence electrons. The number of aromatic nitrogens is 1. The van der Waals surface area contributed by atoms with E-state index in [0.717, 1.165) is 30.3 Å². The molecule has 32 heavy (non-hydrogen) atoms. The van der Waals surface area contributed by atoms with Gasteiger partial charge in [0.25, 0.3) is 5.91 Å². The van der Waals surface area contributed by atoms with Crippen molar-refractivity contribution in [2.45, 2.75) is 37.0 Å². The van der Waals surface area contributed by atoms with Crippen molar-refractivity contribution >= 4 is 29.4 Å². The van der Waals surface area contributed by atoms with E-state index in [1.807, 2.05) is 47.4 Å². The Morgan fingerprint density at radius 2 is 1.72 bits per heavy atom. The minimum atomic E-state index is 0.0383. The summed E-state index contributed by atoms with van der Waals surface area (Å²) in [6.45, 7) is 3.64. The van der Waals surface area contributed by atoms with Gasteiger partial charge in [-0.25, -0.2) is 4.98 Å². The van der Waals surface area contributed by atoms with Gasteiger partial charge in [-0.2, -0.15) is 0 Å². The quantitative estimate of drug-likeness (QED) is 0.647. The predicted octanol–water partition coefficient (Wildman–Crippen LogP) is 3.83. The maximum atomic E-state index is 13.2. The molecule has 1 aromatic heterocycles. The summed E-state index contributed by atoms with van der Waals surface area (Å²) in [7, 11) is 0. The zero-order chi connectivity index (χ0) is 22.2. The number of piperazine rings is 1. The molecule has 0 unspecified atom stereocenters. The molecule has 2 amide bonds. The molecule has 0 atom stereocenters. The largest absolute Gasteiger partial charge is 0.355 e. The van der Waals surface area contributed by atoms with Gasteiger partial charge >= 0.3 is 0 Å². The Morgan fingerprint density at radius 3 is 2.47 bits per heavy atom. The van der Waals surface area contributed by atoms with E-state index in [0.29, 0.717) is 30.3 Å². The van der Waals surface area contributed by atoms with Crippen LogP contribution in [0.15, 0.2) is 53.6 Å². The number of nitrogens with zero attached hydrogens (tertiary/aromatic N) is 3. The van der Waals surface area contributed by atoms with Crippen LogP contribution in [0, 0.1) is 5.92 Å². The molecule has 4 rings (SSSR count). The van der Waals surface area contributed by atoms with Crippen LogP contribution >= 0.6 is 11.8 Å². The summed E-state index contributed by atoms with van der Waals surface area (Å²) in [5, 5.41) is 3.09. The summed E-state index contributed by atoms with van der Waals surface area (Å²) in [5.74, 6) is 2.00. The molecule has 0 radical (unpaired) electrons. The lowest BCUT2D eigenvalue weighted by atomic mass is 9.89. The molecule has 0 spiro atoms. The molecular formula is C25H32N4O2S. The van der Waals surface area contributed by atoms with Gasteiger partial charge in [0.15, 0.2) is 0 Å². The van der Waals surface area contributed by atoms with E-state index in [4.69, 9.17) is 0 Å². The van der Waals surface area contributed by atoms with Crippen molar-refractivity contribution in [1.29, 1.82) is 0 Å². The number of carbonyl (C=O) groups excluding carboxylic acids is 2. The maximum absolute atomic E-state index is 13.2. The van der Waals surface area contributed by atoms with Crippen molar-refractivity contribution in [3.05, 3.63) is 54.2 Å². The number of rotatable bonds is 7. The third kappa shape index (κ3) is 6.03. The minimum absolute atomic E-state index is 0.0383. The van der Waals surface area contributed by atoms with E-state index in [1.165, 1.54) is 43.9 Å². The fraction of sp³-hybridized carbons (Fsp3) is 0.480. The van der Waals surface area contributed by atoms with Gasteiger partial charge in [0.1, 0.15) is 5.82 Å². The van der Waals surface area contributed by atoms with Gasteiger partial charge < -0.3 is 15.1 Å². The van der Waals surface area contributed by atoms with Crippen LogP contribution in [0.2, 0.25) is 0 Å². The third-order valence-corrected chi connectivity index (χ3v) is 7.40. The maximum Gasteiger partial charge on any atom is 0.255 e. The standard InChI is InChI=1S/C25H32N4O2S/c30-24(27-18-20-8-2-1-3-9-20)19-32-22-11-5-4-10-21(22)25(31)29-16-14-28(15-17-29)23-12-6-7-13-26-23/h4-7,10-13,20H,1-3,8-9,14-19H2,(H,27,30). The highest BCUT2D eigenvalue weighted by Crippen LogP contribution is 2.25. The van der Waals surface area contributed by atoms with Crippen molar-refractivity contribution in [2.75, 3.05) is 43.4 Å². The van der Waals surface area contributed by atoms with Crippen molar-refractivity contribution in [3.8, 4) is 0 Å². The molecular weight excluding hydrogens is 420 g/mol. The first-order chi connectivity index (χ1) is 15.7. The lowest BCUT2D eigenvalue weighted by Gasteiger charge is -2.35. The van der Waals surface area contributed by atoms with Crippen molar-refractivity contribution in [1.82, 2.24) is 15.2 Å². The molecule has 1 saturated heterocycles. The Kier molecular flexibility index (Phi) is 8.04. The van der Waals surface area contributed by atoms with Crippen LogP contribution in [-0.4, -0.2) is 60.2 Å². The molecule has 1 aliphatic heterocycles. The molecule has 7 heteroatoms. The van der Waals surface area contributed by atoms with Crippen LogP contribution in [0.4, 0.5) is 5.82 Å². The van der Waals surface area contributed by atoms with Crippen LogP contribution in [0.25, 0.3) is 0 Å². The minimum Gasteiger partial charge on any atom is -0.355 e. The van der Waals surface area contributed by atoms with Gasteiger partial charge in [0, 0.05) is 43.8 Å². The van der Waals surface area contributed by atoms with E-state index >= 15 is 0 Å². The molecule has 2 fully saturated rings. The number of hydrogen-bond donors (Lipinski definition) is 1. The topological polar surface area (TPSA) is 65.5 Å². The first kappa shape index (κ1) is 22.6. The lowest BCUT2D eigenvalue weighted by Crippen LogP contribution is -2.49. The van der Waals surface area contributed by atoms with E-state index in [9.17, 15) is 9.59 Å². The highest BCUT2D eigenvalue weighted by Gasteiger charge is 2.24. The zero-order valence-electron chi connectivity index (χ0n) is 18.5. The van der Waals surface area contributed by atoms with Gasteiger partial charge in [0.2, 0.25) is 5.91 Å². The van der Waals surface area contributed by atoms with Crippen LogP contribution in [0.5, 0.6) is 0 Å². The van der Waals surface area contributed by atoms with Gasteiger partial charge in [-0.15, -0.1) is 11.8 Å². The van der Waals surface area contributed by atoms with Gasteiger partial charge in [-0.05, 0) is 43.0 Å². The molecule has 6 nitrogen and oxygen atoms in total. The second kappa shape index (κ2) is 11.4. The summed E-state index contributed by atoms with van der Waals surface area (Å²) < 4.78 is 0. The number of anilines is 1. The second-order valence-electron chi connectivity index (χ2n) is 8.56. The average Bonchev–Trinajstić information content (AvgIpc) is 2.87. The first-order valence-corrected chi connectivity index (χ1v) is 12.6. The summed E-state index contributed by atoms with van der Waals surface area (Å²) >= 11 is 1.45. The van der Waals surface area contributed by atoms with Crippen LogP contribution in [0.1, 0.15) is 42.5 Å². The highest BCUT2D eigenvalue weighted by atomic mass is 32.2. The van der Waals surface area contributed by atoms with Crippen LogP contribution < -0.4 is 10.2 Å². The second-order valence-corrected chi connectivity index (χ2v) is 9.58. The number of nitrogens with one attached hydrogen (secondary N) is 1. The number of thioether (sulfide) groups is 1. The van der Waals surface area contributed by atoms with Crippen LogP contribution in [-0.2, 0) is 4.79 Å². The normalized spacial score (nSPS) is 17.2. The number of benzene rings is 1. The number of hydrogen-bond acceptors (Lipinski definition) is 5. The van der Waals surface area contributed by atoms with E-state index in [-0.39, 0.29) is 11.8 Å².